The molecule has 0 atom stereocenters. The topological polar surface area (TPSA) is 30.9 Å². The van der Waals surface area contributed by atoms with Crippen LogP contribution in [0.25, 0.3) is 0 Å². The molecule has 154 valence electrons. The SMILES string of the molecule is C=CCCCN(C)C(=NCCC1CCN(CC(F)(F)F)CC1)NCC.I. The van der Waals surface area contributed by atoms with E-state index in [4.69, 9.17) is 0 Å². The van der Waals surface area contributed by atoms with Crippen molar-refractivity contribution in [3.63, 3.8) is 0 Å². The number of piperidine rings is 1. The highest BCUT2D eigenvalue weighted by Crippen LogP contribution is 2.24. The molecule has 1 heterocycles. The third kappa shape index (κ3) is 11.3. The Morgan fingerprint density at radius 2 is 2.00 bits per heavy atom. The number of nitrogens with zero attached hydrogens (tertiary/aromatic N) is 3. The van der Waals surface area contributed by atoms with Gasteiger partial charge in [0.2, 0.25) is 0 Å². The fourth-order valence-electron chi connectivity index (χ4n) is 3.09. The third-order valence-electron chi connectivity index (χ3n) is 4.51. The number of rotatable bonds is 9. The molecule has 0 amide bonds. The number of guanidine groups is 1. The first kappa shape index (κ1) is 25.5. The number of halogens is 4. The third-order valence-corrected chi connectivity index (χ3v) is 4.51. The smallest absolute Gasteiger partial charge is 0.357 e. The Bertz CT molecular complexity index is 408. The second-order valence-electron chi connectivity index (χ2n) is 6.71. The number of allylic oxidation sites excluding steroid dienone is 1. The molecule has 0 aromatic rings. The van der Waals surface area contributed by atoms with Crippen molar-refractivity contribution in [3.05, 3.63) is 12.7 Å². The molecule has 0 saturated carbocycles. The monoisotopic (exact) mass is 490 g/mol. The number of hydrogen-bond acceptors (Lipinski definition) is 2. The summed E-state index contributed by atoms with van der Waals surface area (Å²) in [5.74, 6) is 1.38. The highest BCUT2D eigenvalue weighted by molar-refractivity contribution is 14.0. The summed E-state index contributed by atoms with van der Waals surface area (Å²) in [6.07, 6.45) is 2.46. The van der Waals surface area contributed by atoms with Gasteiger partial charge in [0.05, 0.1) is 6.54 Å². The van der Waals surface area contributed by atoms with Gasteiger partial charge in [-0.2, -0.15) is 13.2 Å². The molecule has 1 fully saturated rings. The molecule has 1 N–H and O–H groups in total. The van der Waals surface area contributed by atoms with E-state index in [0.29, 0.717) is 19.0 Å². The zero-order chi connectivity index (χ0) is 18.7. The van der Waals surface area contributed by atoms with Crippen molar-refractivity contribution in [2.45, 2.75) is 45.2 Å². The summed E-state index contributed by atoms with van der Waals surface area (Å²) < 4.78 is 37.2. The minimum absolute atomic E-state index is 0. The number of aliphatic imine (C=N–C) groups is 1. The molecule has 1 saturated heterocycles. The molecular weight excluding hydrogens is 456 g/mol. The summed E-state index contributed by atoms with van der Waals surface area (Å²) in [4.78, 5) is 8.31. The van der Waals surface area contributed by atoms with Crippen LogP contribution >= 0.6 is 24.0 Å². The van der Waals surface area contributed by atoms with Gasteiger partial charge < -0.3 is 10.2 Å². The molecule has 0 bridgehead atoms. The van der Waals surface area contributed by atoms with Crippen LogP contribution in [0.3, 0.4) is 0 Å². The van der Waals surface area contributed by atoms with Crippen molar-refractivity contribution in [2.75, 3.05) is 46.3 Å². The summed E-state index contributed by atoms with van der Waals surface area (Å²) >= 11 is 0. The van der Waals surface area contributed by atoms with Crippen LogP contribution in [0, 0.1) is 5.92 Å². The zero-order valence-corrected chi connectivity index (χ0v) is 18.4. The van der Waals surface area contributed by atoms with Crippen molar-refractivity contribution < 1.29 is 13.2 Å². The van der Waals surface area contributed by atoms with Gasteiger partial charge in [0.1, 0.15) is 0 Å². The highest BCUT2D eigenvalue weighted by Gasteiger charge is 2.32. The zero-order valence-electron chi connectivity index (χ0n) is 16.0. The van der Waals surface area contributed by atoms with Gasteiger partial charge in [-0.1, -0.05) is 6.08 Å². The second-order valence-corrected chi connectivity index (χ2v) is 6.71. The Labute approximate surface area is 173 Å². The summed E-state index contributed by atoms with van der Waals surface area (Å²) in [7, 11) is 2.03. The molecule has 4 nitrogen and oxygen atoms in total. The number of hydrogen-bond donors (Lipinski definition) is 1. The number of likely N-dealkylation sites (tertiary alicyclic amines) is 1. The summed E-state index contributed by atoms with van der Waals surface area (Å²) in [6, 6.07) is 0. The maximum atomic E-state index is 12.4. The van der Waals surface area contributed by atoms with E-state index in [-0.39, 0.29) is 24.0 Å². The fraction of sp³-hybridized carbons (Fsp3) is 0.833. The normalized spacial score (nSPS) is 16.9. The molecule has 0 aromatic carbocycles. The molecule has 1 aliphatic heterocycles. The van der Waals surface area contributed by atoms with Gasteiger partial charge in [0, 0.05) is 26.7 Å². The van der Waals surface area contributed by atoms with Crippen molar-refractivity contribution in [3.8, 4) is 0 Å². The Hall–Kier alpha value is -0.510. The number of alkyl halides is 3. The maximum absolute atomic E-state index is 12.4. The average Bonchev–Trinajstić information content (AvgIpc) is 2.54. The first-order chi connectivity index (χ1) is 11.9. The molecule has 0 aromatic heterocycles. The molecule has 0 unspecified atom stereocenters. The molecule has 1 aliphatic rings. The first-order valence-electron chi connectivity index (χ1n) is 9.25. The molecule has 8 heteroatoms. The Kier molecular flexibility index (Phi) is 13.4. The van der Waals surface area contributed by atoms with E-state index in [9.17, 15) is 13.2 Å². The van der Waals surface area contributed by atoms with Gasteiger partial charge >= 0.3 is 6.18 Å². The van der Waals surface area contributed by atoms with Gasteiger partial charge in [-0.05, 0) is 58.0 Å². The van der Waals surface area contributed by atoms with Crippen molar-refractivity contribution in [1.29, 1.82) is 0 Å². The van der Waals surface area contributed by atoms with Crippen molar-refractivity contribution in [2.24, 2.45) is 10.9 Å². The molecule has 0 spiro atoms. The molecule has 1 rings (SSSR count). The van der Waals surface area contributed by atoms with Crippen LogP contribution in [0.5, 0.6) is 0 Å². The average molecular weight is 490 g/mol. The van der Waals surface area contributed by atoms with Crippen LogP contribution in [0.1, 0.15) is 39.0 Å². The summed E-state index contributed by atoms with van der Waals surface area (Å²) in [5.41, 5.74) is 0. The molecule has 26 heavy (non-hydrogen) atoms. The highest BCUT2D eigenvalue weighted by atomic mass is 127. The number of nitrogens with one attached hydrogen (secondary N) is 1. The Balaban J connectivity index is 0.00000625. The van der Waals surface area contributed by atoms with Crippen LogP contribution < -0.4 is 5.32 Å². The minimum atomic E-state index is -4.09. The molecule has 0 radical (unpaired) electrons. The minimum Gasteiger partial charge on any atom is -0.357 e. The number of unbranched alkanes of at least 4 members (excludes halogenated alkanes) is 1. The van der Waals surface area contributed by atoms with Gasteiger partial charge in [0.15, 0.2) is 5.96 Å². The van der Waals surface area contributed by atoms with Crippen LogP contribution in [0.4, 0.5) is 13.2 Å². The Morgan fingerprint density at radius 3 is 2.54 bits per heavy atom. The maximum Gasteiger partial charge on any atom is 0.401 e. The fourth-order valence-corrected chi connectivity index (χ4v) is 3.09. The van der Waals surface area contributed by atoms with E-state index < -0.39 is 12.7 Å². The van der Waals surface area contributed by atoms with Crippen molar-refractivity contribution in [1.82, 2.24) is 15.1 Å². The second kappa shape index (κ2) is 13.6. The van der Waals surface area contributed by atoms with Gasteiger partial charge in [-0.3, -0.25) is 9.89 Å². The van der Waals surface area contributed by atoms with Crippen molar-refractivity contribution >= 4 is 29.9 Å². The van der Waals surface area contributed by atoms with Crippen LogP contribution in [0.2, 0.25) is 0 Å². The van der Waals surface area contributed by atoms with Crippen LogP contribution in [0.15, 0.2) is 17.6 Å². The standard InChI is InChI=1S/C18H33F3N4.HI/c1-4-6-7-12-24(3)17(22-5-2)23-11-8-16-9-13-25(14-10-16)15-18(19,20)21;/h4,16H,1,5-15H2,2-3H3,(H,22,23);1H. The lowest BCUT2D eigenvalue weighted by molar-refractivity contribution is -0.148. The predicted octanol–water partition coefficient (Wildman–Crippen LogP) is 4.13. The molecular formula is C18H34F3IN4. The van der Waals surface area contributed by atoms with E-state index in [2.05, 4.69) is 21.8 Å². The lowest BCUT2D eigenvalue weighted by Gasteiger charge is -2.32. The van der Waals surface area contributed by atoms with E-state index in [0.717, 1.165) is 57.7 Å². The van der Waals surface area contributed by atoms with Crippen LogP contribution in [-0.4, -0.2) is 68.3 Å². The van der Waals surface area contributed by atoms with E-state index in [1.807, 2.05) is 20.0 Å². The lowest BCUT2D eigenvalue weighted by Crippen LogP contribution is -2.40. The van der Waals surface area contributed by atoms with Gasteiger partial charge in [-0.15, -0.1) is 30.6 Å². The first-order valence-corrected chi connectivity index (χ1v) is 9.25. The Morgan fingerprint density at radius 1 is 1.35 bits per heavy atom. The molecule has 0 aliphatic carbocycles. The quantitative estimate of drug-likeness (QED) is 0.173. The van der Waals surface area contributed by atoms with E-state index >= 15 is 0 Å². The van der Waals surface area contributed by atoms with E-state index in [1.54, 1.807) is 0 Å². The largest absolute Gasteiger partial charge is 0.401 e. The van der Waals surface area contributed by atoms with Gasteiger partial charge in [-0.25, -0.2) is 0 Å². The van der Waals surface area contributed by atoms with Gasteiger partial charge in [0.25, 0.3) is 0 Å². The lowest BCUT2D eigenvalue weighted by atomic mass is 9.93. The van der Waals surface area contributed by atoms with E-state index in [1.165, 1.54) is 4.90 Å². The predicted molar refractivity (Wildman–Crippen MR) is 113 cm³/mol. The summed E-state index contributed by atoms with van der Waals surface area (Å²) in [6.45, 7) is 8.54. The van der Waals surface area contributed by atoms with Crippen LogP contribution in [-0.2, 0) is 0 Å². The summed E-state index contributed by atoms with van der Waals surface area (Å²) in [5, 5.41) is 3.30.